The average Bonchev–Trinajstić information content (AvgIpc) is 2.86. The molecular formula is C19H22N2O. The maximum Gasteiger partial charge on any atom is 0.133 e. The van der Waals surface area contributed by atoms with Crippen molar-refractivity contribution in [3.05, 3.63) is 53.2 Å². The summed E-state index contributed by atoms with van der Waals surface area (Å²) in [4.78, 5) is 3.32. The lowest BCUT2D eigenvalue weighted by molar-refractivity contribution is 0.476. The Bertz CT molecular complexity index is 808. The van der Waals surface area contributed by atoms with E-state index in [-0.39, 0.29) is 0 Å². The SMILES string of the molecule is Cc1cc(N)cc(C)c1Oc1ccc2[nH]cc(C(C)C)c2c1. The maximum absolute atomic E-state index is 6.14. The van der Waals surface area contributed by atoms with Crippen molar-refractivity contribution in [2.45, 2.75) is 33.6 Å². The number of rotatable bonds is 3. The second kappa shape index (κ2) is 5.41. The monoisotopic (exact) mass is 294 g/mol. The Hall–Kier alpha value is -2.42. The van der Waals surface area contributed by atoms with Crippen molar-refractivity contribution in [3.63, 3.8) is 0 Å². The summed E-state index contributed by atoms with van der Waals surface area (Å²) < 4.78 is 6.14. The zero-order chi connectivity index (χ0) is 15.9. The highest BCUT2D eigenvalue weighted by Gasteiger charge is 2.11. The fourth-order valence-electron chi connectivity index (χ4n) is 2.93. The average molecular weight is 294 g/mol. The van der Waals surface area contributed by atoms with Crippen molar-refractivity contribution in [1.82, 2.24) is 4.98 Å². The standard InChI is InChI=1S/C19H22N2O/c1-11(2)17-10-21-18-6-5-15(9-16(17)18)22-19-12(3)7-14(20)8-13(19)4/h5-11,21H,20H2,1-4H3. The van der Waals surface area contributed by atoms with Gasteiger partial charge in [-0.25, -0.2) is 0 Å². The van der Waals surface area contributed by atoms with Gasteiger partial charge in [-0.1, -0.05) is 13.8 Å². The first-order chi connectivity index (χ1) is 10.5. The van der Waals surface area contributed by atoms with Crippen LogP contribution in [-0.4, -0.2) is 4.98 Å². The molecule has 3 heteroatoms. The summed E-state index contributed by atoms with van der Waals surface area (Å²) in [5, 5.41) is 1.22. The number of hydrogen-bond acceptors (Lipinski definition) is 2. The lowest BCUT2D eigenvalue weighted by atomic mass is 10.0. The van der Waals surface area contributed by atoms with E-state index < -0.39 is 0 Å². The van der Waals surface area contributed by atoms with Crippen LogP contribution in [0.3, 0.4) is 0 Å². The molecule has 0 saturated heterocycles. The van der Waals surface area contributed by atoms with Gasteiger partial charge < -0.3 is 15.5 Å². The molecule has 0 amide bonds. The molecule has 3 rings (SSSR count). The highest BCUT2D eigenvalue weighted by atomic mass is 16.5. The van der Waals surface area contributed by atoms with Gasteiger partial charge in [0.15, 0.2) is 0 Å². The third kappa shape index (κ3) is 2.54. The predicted octanol–water partition coefficient (Wildman–Crippen LogP) is 5.28. The molecule has 0 bridgehead atoms. The van der Waals surface area contributed by atoms with Gasteiger partial charge in [0.05, 0.1) is 0 Å². The molecular weight excluding hydrogens is 272 g/mol. The largest absolute Gasteiger partial charge is 0.457 e. The van der Waals surface area contributed by atoms with E-state index in [1.54, 1.807) is 0 Å². The summed E-state index contributed by atoms with van der Waals surface area (Å²) in [5.41, 5.74) is 11.2. The number of aromatic amines is 1. The van der Waals surface area contributed by atoms with Gasteiger partial charge in [-0.05, 0) is 66.8 Å². The summed E-state index contributed by atoms with van der Waals surface area (Å²) in [7, 11) is 0. The molecule has 3 aromatic rings. The predicted molar refractivity (Wildman–Crippen MR) is 92.8 cm³/mol. The third-order valence-electron chi connectivity index (χ3n) is 4.01. The molecule has 0 aliphatic rings. The van der Waals surface area contributed by atoms with E-state index in [2.05, 4.69) is 37.2 Å². The summed E-state index contributed by atoms with van der Waals surface area (Å²) in [6.07, 6.45) is 2.08. The number of benzene rings is 2. The fraction of sp³-hybridized carbons (Fsp3) is 0.263. The quantitative estimate of drug-likeness (QED) is 0.645. The van der Waals surface area contributed by atoms with Crippen LogP contribution in [0.15, 0.2) is 36.5 Å². The van der Waals surface area contributed by atoms with Crippen molar-refractivity contribution in [3.8, 4) is 11.5 Å². The molecule has 0 aliphatic heterocycles. The van der Waals surface area contributed by atoms with Crippen LogP contribution >= 0.6 is 0 Å². The van der Waals surface area contributed by atoms with E-state index in [1.807, 2.05) is 32.0 Å². The molecule has 1 aromatic heterocycles. The van der Waals surface area contributed by atoms with Crippen LogP contribution < -0.4 is 10.5 Å². The van der Waals surface area contributed by atoms with Gasteiger partial charge in [0.25, 0.3) is 0 Å². The summed E-state index contributed by atoms with van der Waals surface area (Å²) in [6, 6.07) is 10.1. The van der Waals surface area contributed by atoms with Crippen molar-refractivity contribution < 1.29 is 4.74 Å². The van der Waals surface area contributed by atoms with E-state index >= 15 is 0 Å². The molecule has 0 aliphatic carbocycles. The van der Waals surface area contributed by atoms with E-state index in [1.165, 1.54) is 10.9 Å². The van der Waals surface area contributed by atoms with E-state index in [0.29, 0.717) is 5.92 Å². The summed E-state index contributed by atoms with van der Waals surface area (Å²) in [6.45, 7) is 8.44. The number of aromatic nitrogens is 1. The molecule has 1 heterocycles. The lowest BCUT2D eigenvalue weighted by Gasteiger charge is -2.13. The van der Waals surface area contributed by atoms with Gasteiger partial charge in [-0.3, -0.25) is 0 Å². The smallest absolute Gasteiger partial charge is 0.133 e. The number of fused-ring (bicyclic) bond motifs is 1. The number of anilines is 1. The van der Waals surface area contributed by atoms with Crippen molar-refractivity contribution in [2.24, 2.45) is 0 Å². The minimum absolute atomic E-state index is 0.476. The molecule has 0 unspecified atom stereocenters. The molecule has 114 valence electrons. The van der Waals surface area contributed by atoms with Gasteiger partial charge in [0.2, 0.25) is 0 Å². The molecule has 0 spiro atoms. The zero-order valence-corrected chi connectivity index (χ0v) is 13.5. The van der Waals surface area contributed by atoms with Crippen molar-refractivity contribution in [1.29, 1.82) is 0 Å². The van der Waals surface area contributed by atoms with Crippen LogP contribution in [0.25, 0.3) is 10.9 Å². The highest BCUT2D eigenvalue weighted by molar-refractivity contribution is 5.85. The molecule has 2 aromatic carbocycles. The third-order valence-corrected chi connectivity index (χ3v) is 4.01. The number of H-pyrrole nitrogens is 1. The number of aryl methyl sites for hydroxylation is 2. The van der Waals surface area contributed by atoms with Crippen LogP contribution in [0, 0.1) is 13.8 Å². The lowest BCUT2D eigenvalue weighted by Crippen LogP contribution is -1.94. The van der Waals surface area contributed by atoms with Gasteiger partial charge in [0, 0.05) is 22.8 Å². The first-order valence-electron chi connectivity index (χ1n) is 7.61. The van der Waals surface area contributed by atoms with Crippen LogP contribution in [0.5, 0.6) is 11.5 Å². The normalized spacial score (nSPS) is 11.3. The Labute approximate surface area is 131 Å². The number of hydrogen-bond donors (Lipinski definition) is 2. The topological polar surface area (TPSA) is 51.0 Å². The second-order valence-electron chi connectivity index (χ2n) is 6.19. The van der Waals surface area contributed by atoms with E-state index in [4.69, 9.17) is 10.5 Å². The summed E-state index contributed by atoms with van der Waals surface area (Å²) in [5.74, 6) is 2.21. The van der Waals surface area contributed by atoms with Gasteiger partial charge in [-0.15, -0.1) is 0 Å². The molecule has 22 heavy (non-hydrogen) atoms. The second-order valence-corrected chi connectivity index (χ2v) is 6.19. The van der Waals surface area contributed by atoms with Crippen LogP contribution in [0.1, 0.15) is 36.5 Å². The summed E-state index contributed by atoms with van der Waals surface area (Å²) >= 11 is 0. The minimum atomic E-state index is 0.476. The maximum atomic E-state index is 6.14. The Balaban J connectivity index is 2.03. The van der Waals surface area contributed by atoms with Crippen LogP contribution in [-0.2, 0) is 0 Å². The molecule has 0 fully saturated rings. The van der Waals surface area contributed by atoms with Gasteiger partial charge in [0.1, 0.15) is 11.5 Å². The number of nitrogen functional groups attached to an aromatic ring is 1. The molecule has 3 nitrogen and oxygen atoms in total. The van der Waals surface area contributed by atoms with Crippen LogP contribution in [0.2, 0.25) is 0 Å². The van der Waals surface area contributed by atoms with Crippen molar-refractivity contribution >= 4 is 16.6 Å². The number of ether oxygens (including phenoxy) is 1. The minimum Gasteiger partial charge on any atom is -0.457 e. The van der Waals surface area contributed by atoms with E-state index in [9.17, 15) is 0 Å². The molecule has 0 radical (unpaired) electrons. The number of nitrogens with one attached hydrogen (secondary N) is 1. The Morgan fingerprint density at radius 2 is 1.73 bits per heavy atom. The van der Waals surface area contributed by atoms with E-state index in [0.717, 1.165) is 33.8 Å². The highest BCUT2D eigenvalue weighted by Crippen LogP contribution is 2.34. The van der Waals surface area contributed by atoms with Gasteiger partial charge in [-0.2, -0.15) is 0 Å². The fourth-order valence-corrected chi connectivity index (χ4v) is 2.93. The Morgan fingerprint density at radius 3 is 2.36 bits per heavy atom. The molecule has 0 atom stereocenters. The molecule has 3 N–H and O–H groups in total. The Morgan fingerprint density at radius 1 is 1.05 bits per heavy atom. The zero-order valence-electron chi connectivity index (χ0n) is 13.5. The number of nitrogens with two attached hydrogens (primary N) is 1. The first kappa shape index (κ1) is 14.5. The molecule has 0 saturated carbocycles. The van der Waals surface area contributed by atoms with Crippen molar-refractivity contribution in [2.75, 3.05) is 5.73 Å². The Kier molecular flexibility index (Phi) is 3.57. The van der Waals surface area contributed by atoms with Gasteiger partial charge >= 0.3 is 0 Å². The van der Waals surface area contributed by atoms with Crippen LogP contribution in [0.4, 0.5) is 5.69 Å². The first-order valence-corrected chi connectivity index (χ1v) is 7.61.